The Morgan fingerprint density at radius 1 is 0.865 bits per heavy atom. The van der Waals surface area contributed by atoms with Crippen LogP contribution in [0.4, 0.5) is 0 Å². The number of fused-ring (bicyclic) bond motifs is 1. The van der Waals surface area contributed by atoms with E-state index in [1.54, 1.807) is 49.2 Å². The van der Waals surface area contributed by atoms with Crippen LogP contribution in [0, 0.1) is 6.92 Å². The molecule has 37 heavy (non-hydrogen) atoms. The number of nitrogens with zero attached hydrogens (tertiary/aromatic N) is 2. The second-order valence-corrected chi connectivity index (χ2v) is 8.20. The third-order valence-electron chi connectivity index (χ3n) is 5.98. The van der Waals surface area contributed by atoms with Crippen molar-refractivity contribution < 1.29 is 23.5 Å². The van der Waals surface area contributed by atoms with Crippen LogP contribution in [-0.2, 0) is 0 Å². The van der Waals surface area contributed by atoms with Gasteiger partial charge in [-0.3, -0.25) is 20.4 Å². The number of hydrogen-bond acceptors (Lipinski definition) is 6. The molecule has 9 heteroatoms. The lowest BCUT2D eigenvalue weighted by Crippen LogP contribution is -2.42. The van der Waals surface area contributed by atoms with Gasteiger partial charge in [0, 0.05) is 22.7 Å². The second kappa shape index (κ2) is 9.90. The van der Waals surface area contributed by atoms with Gasteiger partial charge in [-0.1, -0.05) is 42.5 Å². The number of carbonyl (C=O) groups is 2. The molecule has 5 aromatic rings. The zero-order valence-corrected chi connectivity index (χ0v) is 20.4. The van der Waals surface area contributed by atoms with Gasteiger partial charge in [0.05, 0.1) is 19.9 Å². The number of hydrazine groups is 1. The molecule has 3 aromatic carbocycles. The van der Waals surface area contributed by atoms with Crippen molar-refractivity contribution >= 4 is 22.8 Å². The Kier molecular flexibility index (Phi) is 6.34. The summed E-state index contributed by atoms with van der Waals surface area (Å²) in [6.45, 7) is 1.79. The predicted molar refractivity (Wildman–Crippen MR) is 138 cm³/mol. The standard InChI is InChI=1S/C28H24N4O5/c1-17-20-11-7-8-12-22(20)37-26(17)28(34)30-29-27(33)25-21(16-32(31-25)19-9-5-4-6-10-19)18-13-14-23(35-2)24(15-18)36-3/h4-16H,1-3H3,(H,29,33)(H,30,34). The van der Waals surface area contributed by atoms with Crippen LogP contribution in [0.15, 0.2) is 83.4 Å². The van der Waals surface area contributed by atoms with Crippen LogP contribution >= 0.6 is 0 Å². The summed E-state index contributed by atoms with van der Waals surface area (Å²) in [4.78, 5) is 26.1. The molecule has 2 N–H and O–H groups in total. The first-order valence-electron chi connectivity index (χ1n) is 11.5. The molecule has 2 aromatic heterocycles. The maximum Gasteiger partial charge on any atom is 0.305 e. The number of amides is 2. The number of hydrogen-bond donors (Lipinski definition) is 2. The number of para-hydroxylation sites is 2. The van der Waals surface area contributed by atoms with E-state index in [1.807, 2.05) is 48.5 Å². The van der Waals surface area contributed by atoms with Gasteiger partial charge in [-0.15, -0.1) is 0 Å². The van der Waals surface area contributed by atoms with Crippen LogP contribution in [-0.4, -0.2) is 35.8 Å². The maximum absolute atomic E-state index is 13.3. The van der Waals surface area contributed by atoms with Gasteiger partial charge in [0.25, 0.3) is 5.91 Å². The maximum atomic E-state index is 13.3. The van der Waals surface area contributed by atoms with Gasteiger partial charge >= 0.3 is 5.91 Å². The summed E-state index contributed by atoms with van der Waals surface area (Å²) in [6.07, 6.45) is 1.75. The fourth-order valence-corrected chi connectivity index (χ4v) is 4.09. The van der Waals surface area contributed by atoms with Crippen molar-refractivity contribution in [1.82, 2.24) is 20.6 Å². The minimum atomic E-state index is -0.596. The molecule has 0 saturated heterocycles. The van der Waals surface area contributed by atoms with Crippen molar-refractivity contribution in [2.75, 3.05) is 14.2 Å². The average molecular weight is 497 g/mol. The summed E-state index contributed by atoms with van der Waals surface area (Å²) < 4.78 is 18.1. The number of rotatable bonds is 6. The number of ether oxygens (including phenoxy) is 2. The molecule has 0 bridgehead atoms. The SMILES string of the molecule is COc1ccc(-c2cn(-c3ccccc3)nc2C(=O)NNC(=O)c2oc3ccccc3c2C)cc1OC. The summed E-state index contributed by atoms with van der Waals surface area (Å²) >= 11 is 0. The minimum Gasteiger partial charge on any atom is -0.493 e. The highest BCUT2D eigenvalue weighted by molar-refractivity contribution is 6.03. The highest BCUT2D eigenvalue weighted by Crippen LogP contribution is 2.34. The Morgan fingerprint density at radius 3 is 2.30 bits per heavy atom. The van der Waals surface area contributed by atoms with Crippen molar-refractivity contribution in [2.24, 2.45) is 0 Å². The monoisotopic (exact) mass is 496 g/mol. The first kappa shape index (κ1) is 23.7. The van der Waals surface area contributed by atoms with Crippen molar-refractivity contribution in [2.45, 2.75) is 6.92 Å². The number of aromatic nitrogens is 2. The lowest BCUT2D eigenvalue weighted by Gasteiger charge is -2.10. The number of aryl methyl sites for hydroxylation is 1. The van der Waals surface area contributed by atoms with Crippen molar-refractivity contribution in [3.05, 3.63) is 96.0 Å². The first-order valence-corrected chi connectivity index (χ1v) is 11.5. The normalized spacial score (nSPS) is 10.8. The van der Waals surface area contributed by atoms with Gasteiger partial charge in [0.1, 0.15) is 5.58 Å². The first-order chi connectivity index (χ1) is 18.0. The highest BCUT2D eigenvalue weighted by atomic mass is 16.5. The molecule has 2 heterocycles. The van der Waals surface area contributed by atoms with Gasteiger partial charge in [-0.05, 0) is 42.8 Å². The fraction of sp³-hybridized carbons (Fsp3) is 0.107. The Bertz CT molecular complexity index is 1600. The van der Waals surface area contributed by atoms with Crippen molar-refractivity contribution in [3.63, 3.8) is 0 Å². The Balaban J connectivity index is 1.46. The molecule has 9 nitrogen and oxygen atoms in total. The lowest BCUT2D eigenvalue weighted by molar-refractivity contribution is 0.0829. The van der Waals surface area contributed by atoms with E-state index in [-0.39, 0.29) is 11.5 Å². The van der Waals surface area contributed by atoms with E-state index in [1.165, 1.54) is 7.11 Å². The molecule has 0 atom stereocenters. The quantitative estimate of drug-likeness (QED) is 0.331. The zero-order chi connectivity index (χ0) is 25.9. The molecule has 186 valence electrons. The number of nitrogens with one attached hydrogen (secondary N) is 2. The molecule has 5 rings (SSSR count). The highest BCUT2D eigenvalue weighted by Gasteiger charge is 2.22. The van der Waals surface area contributed by atoms with Crippen LogP contribution in [0.3, 0.4) is 0 Å². The van der Waals surface area contributed by atoms with E-state index < -0.39 is 11.8 Å². The number of methoxy groups -OCH3 is 2. The third-order valence-corrected chi connectivity index (χ3v) is 5.98. The summed E-state index contributed by atoms with van der Waals surface area (Å²) in [5.74, 6) is 0.0175. The second-order valence-electron chi connectivity index (χ2n) is 8.20. The molecule has 2 amide bonds. The molecule has 0 aliphatic carbocycles. The molecular weight excluding hydrogens is 472 g/mol. The molecule has 0 aliphatic rings. The molecule has 0 aliphatic heterocycles. The van der Waals surface area contributed by atoms with Gasteiger partial charge in [-0.2, -0.15) is 5.10 Å². The van der Waals surface area contributed by atoms with Gasteiger partial charge < -0.3 is 13.9 Å². The summed E-state index contributed by atoms with van der Waals surface area (Å²) in [7, 11) is 3.09. The Hall–Kier alpha value is -5.05. The largest absolute Gasteiger partial charge is 0.493 e. The molecule has 0 radical (unpaired) electrons. The molecule has 0 saturated carbocycles. The topological polar surface area (TPSA) is 108 Å². The van der Waals surface area contributed by atoms with E-state index in [0.717, 1.165) is 11.1 Å². The molecular formula is C28H24N4O5. The Morgan fingerprint density at radius 2 is 1.57 bits per heavy atom. The number of furan rings is 1. The van der Waals surface area contributed by atoms with Gasteiger partial charge in [0.15, 0.2) is 23.0 Å². The third kappa shape index (κ3) is 4.50. The van der Waals surface area contributed by atoms with Crippen LogP contribution in [0.1, 0.15) is 26.6 Å². The fourth-order valence-electron chi connectivity index (χ4n) is 4.09. The number of benzene rings is 3. The number of carbonyl (C=O) groups excluding carboxylic acids is 2. The molecule has 0 spiro atoms. The van der Waals surface area contributed by atoms with Crippen LogP contribution < -0.4 is 20.3 Å². The van der Waals surface area contributed by atoms with Crippen molar-refractivity contribution in [3.8, 4) is 28.3 Å². The van der Waals surface area contributed by atoms with Crippen LogP contribution in [0.25, 0.3) is 27.8 Å². The average Bonchev–Trinajstić information content (AvgIpc) is 3.54. The summed E-state index contributed by atoms with van der Waals surface area (Å²) in [5, 5.41) is 5.35. The van der Waals surface area contributed by atoms with E-state index in [9.17, 15) is 9.59 Å². The van der Waals surface area contributed by atoms with E-state index in [2.05, 4.69) is 16.0 Å². The van der Waals surface area contributed by atoms with E-state index in [0.29, 0.717) is 33.8 Å². The van der Waals surface area contributed by atoms with E-state index >= 15 is 0 Å². The molecule has 0 unspecified atom stereocenters. The summed E-state index contributed by atoms with van der Waals surface area (Å²) in [6, 6.07) is 22.1. The van der Waals surface area contributed by atoms with E-state index in [4.69, 9.17) is 13.9 Å². The minimum absolute atomic E-state index is 0.109. The van der Waals surface area contributed by atoms with Gasteiger partial charge in [0.2, 0.25) is 0 Å². The molecule has 0 fully saturated rings. The van der Waals surface area contributed by atoms with Crippen LogP contribution in [0.2, 0.25) is 0 Å². The Labute approximate surface area is 212 Å². The smallest absolute Gasteiger partial charge is 0.305 e. The van der Waals surface area contributed by atoms with Crippen LogP contribution in [0.5, 0.6) is 11.5 Å². The van der Waals surface area contributed by atoms with Gasteiger partial charge in [-0.25, -0.2) is 4.68 Å². The van der Waals surface area contributed by atoms with Crippen molar-refractivity contribution in [1.29, 1.82) is 0 Å². The predicted octanol–water partition coefficient (Wildman–Crippen LogP) is 4.69. The lowest BCUT2D eigenvalue weighted by atomic mass is 10.1. The zero-order valence-electron chi connectivity index (χ0n) is 20.4. The summed E-state index contributed by atoms with van der Waals surface area (Å²) in [5.41, 5.74) is 8.28.